The van der Waals surface area contributed by atoms with E-state index in [2.05, 4.69) is 0 Å². The summed E-state index contributed by atoms with van der Waals surface area (Å²) in [6, 6.07) is 8.47. The highest BCUT2D eigenvalue weighted by Crippen LogP contribution is 2.26. The van der Waals surface area contributed by atoms with Gasteiger partial charge in [0.2, 0.25) is 0 Å². The SMILES string of the molecule is Cc1cc(F)ccc1-c1ccc(CCN)o1. The van der Waals surface area contributed by atoms with Gasteiger partial charge >= 0.3 is 0 Å². The Bertz CT molecular complexity index is 490. The first-order valence-corrected chi connectivity index (χ1v) is 5.26. The number of benzene rings is 1. The fourth-order valence-electron chi connectivity index (χ4n) is 1.70. The van der Waals surface area contributed by atoms with Crippen molar-refractivity contribution in [3.63, 3.8) is 0 Å². The molecule has 2 N–H and O–H groups in total. The highest BCUT2D eigenvalue weighted by molar-refractivity contribution is 5.62. The summed E-state index contributed by atoms with van der Waals surface area (Å²) in [5.74, 6) is 1.40. The van der Waals surface area contributed by atoms with E-state index in [4.69, 9.17) is 10.2 Å². The number of aryl methyl sites for hydroxylation is 1. The molecule has 0 atom stereocenters. The van der Waals surface area contributed by atoms with E-state index in [-0.39, 0.29) is 5.82 Å². The zero-order valence-electron chi connectivity index (χ0n) is 9.16. The Morgan fingerprint density at radius 1 is 1.25 bits per heavy atom. The largest absolute Gasteiger partial charge is 0.461 e. The Hall–Kier alpha value is -1.61. The third-order valence-corrected chi connectivity index (χ3v) is 2.51. The maximum Gasteiger partial charge on any atom is 0.134 e. The third kappa shape index (κ3) is 2.14. The van der Waals surface area contributed by atoms with E-state index in [0.717, 1.165) is 29.1 Å². The minimum absolute atomic E-state index is 0.227. The molecule has 0 bridgehead atoms. The van der Waals surface area contributed by atoms with Crippen LogP contribution < -0.4 is 5.73 Å². The summed E-state index contributed by atoms with van der Waals surface area (Å²) < 4.78 is 18.6. The van der Waals surface area contributed by atoms with Crippen LogP contribution in [0.5, 0.6) is 0 Å². The lowest BCUT2D eigenvalue weighted by Crippen LogP contribution is -2.01. The van der Waals surface area contributed by atoms with Gasteiger partial charge in [-0.2, -0.15) is 0 Å². The zero-order chi connectivity index (χ0) is 11.5. The zero-order valence-corrected chi connectivity index (χ0v) is 9.16. The standard InChI is InChI=1S/C13H14FNO/c1-9-8-10(14)2-4-12(9)13-5-3-11(16-13)6-7-15/h2-5,8H,6-7,15H2,1H3. The van der Waals surface area contributed by atoms with Gasteiger partial charge in [0, 0.05) is 12.0 Å². The molecule has 1 aromatic heterocycles. The van der Waals surface area contributed by atoms with Crippen molar-refractivity contribution < 1.29 is 8.81 Å². The first-order valence-electron chi connectivity index (χ1n) is 5.26. The molecule has 0 amide bonds. The maximum atomic E-state index is 12.9. The molecule has 2 nitrogen and oxygen atoms in total. The average molecular weight is 219 g/mol. The van der Waals surface area contributed by atoms with Crippen LogP contribution in [-0.2, 0) is 6.42 Å². The second-order valence-corrected chi connectivity index (χ2v) is 3.76. The highest BCUT2D eigenvalue weighted by atomic mass is 19.1. The van der Waals surface area contributed by atoms with Crippen LogP contribution in [0.1, 0.15) is 11.3 Å². The number of nitrogens with two attached hydrogens (primary N) is 1. The number of hydrogen-bond donors (Lipinski definition) is 1. The molecule has 2 aromatic rings. The first kappa shape index (κ1) is 10.9. The van der Waals surface area contributed by atoms with Gasteiger partial charge in [0.1, 0.15) is 17.3 Å². The molecule has 84 valence electrons. The molecule has 1 aromatic carbocycles. The number of rotatable bonds is 3. The summed E-state index contributed by atoms with van der Waals surface area (Å²) in [4.78, 5) is 0. The lowest BCUT2D eigenvalue weighted by Gasteiger charge is -2.02. The van der Waals surface area contributed by atoms with Crippen LogP contribution in [0.2, 0.25) is 0 Å². The quantitative estimate of drug-likeness (QED) is 0.862. The number of halogens is 1. The van der Waals surface area contributed by atoms with E-state index in [1.54, 1.807) is 6.07 Å². The monoisotopic (exact) mass is 219 g/mol. The molecule has 0 aliphatic carbocycles. The van der Waals surface area contributed by atoms with Crippen molar-refractivity contribution in [2.75, 3.05) is 6.54 Å². The molecule has 16 heavy (non-hydrogen) atoms. The second kappa shape index (κ2) is 4.49. The van der Waals surface area contributed by atoms with Crippen LogP contribution in [0.25, 0.3) is 11.3 Å². The van der Waals surface area contributed by atoms with E-state index in [1.165, 1.54) is 12.1 Å². The predicted molar refractivity (Wildman–Crippen MR) is 61.6 cm³/mol. The van der Waals surface area contributed by atoms with Gasteiger partial charge in [-0.3, -0.25) is 0 Å². The molecule has 0 fully saturated rings. The van der Waals surface area contributed by atoms with Crippen LogP contribution in [0, 0.1) is 12.7 Å². The Kier molecular flexibility index (Phi) is 3.06. The van der Waals surface area contributed by atoms with Gasteiger partial charge in [0.15, 0.2) is 0 Å². The van der Waals surface area contributed by atoms with Crippen molar-refractivity contribution >= 4 is 0 Å². The normalized spacial score (nSPS) is 10.7. The van der Waals surface area contributed by atoms with Crippen molar-refractivity contribution in [2.24, 2.45) is 5.73 Å². The van der Waals surface area contributed by atoms with Crippen molar-refractivity contribution in [1.82, 2.24) is 0 Å². The number of hydrogen-bond acceptors (Lipinski definition) is 2. The van der Waals surface area contributed by atoms with Crippen molar-refractivity contribution in [3.05, 3.63) is 47.5 Å². The molecule has 0 saturated heterocycles. The molecule has 3 heteroatoms. The fraction of sp³-hybridized carbons (Fsp3) is 0.231. The molecule has 0 aliphatic rings. The molecule has 0 unspecified atom stereocenters. The Morgan fingerprint density at radius 2 is 2.06 bits per heavy atom. The summed E-state index contributed by atoms with van der Waals surface area (Å²) in [7, 11) is 0. The van der Waals surface area contributed by atoms with Crippen LogP contribution in [0.4, 0.5) is 4.39 Å². The van der Waals surface area contributed by atoms with Gasteiger partial charge in [-0.25, -0.2) is 4.39 Å². The van der Waals surface area contributed by atoms with Crippen LogP contribution >= 0.6 is 0 Å². The van der Waals surface area contributed by atoms with Crippen LogP contribution in [-0.4, -0.2) is 6.54 Å². The summed E-state index contributed by atoms with van der Waals surface area (Å²) in [6.07, 6.45) is 0.722. The van der Waals surface area contributed by atoms with E-state index in [0.29, 0.717) is 6.54 Å². The molecule has 2 rings (SSSR count). The molecular weight excluding hydrogens is 205 g/mol. The average Bonchev–Trinajstić information content (AvgIpc) is 2.67. The summed E-state index contributed by atoms with van der Waals surface area (Å²) in [5.41, 5.74) is 7.24. The second-order valence-electron chi connectivity index (χ2n) is 3.76. The van der Waals surface area contributed by atoms with E-state index in [9.17, 15) is 4.39 Å². The maximum absolute atomic E-state index is 12.9. The molecule has 0 spiro atoms. The van der Waals surface area contributed by atoms with Crippen molar-refractivity contribution in [2.45, 2.75) is 13.3 Å². The van der Waals surface area contributed by atoms with E-state index < -0.39 is 0 Å². The van der Waals surface area contributed by atoms with Gasteiger partial charge in [0.25, 0.3) is 0 Å². The van der Waals surface area contributed by atoms with Gasteiger partial charge < -0.3 is 10.2 Å². The minimum Gasteiger partial charge on any atom is -0.461 e. The third-order valence-electron chi connectivity index (χ3n) is 2.51. The smallest absolute Gasteiger partial charge is 0.134 e. The van der Waals surface area contributed by atoms with Crippen molar-refractivity contribution in [3.8, 4) is 11.3 Å². The Balaban J connectivity index is 2.35. The first-order chi connectivity index (χ1) is 7.70. The topological polar surface area (TPSA) is 39.2 Å². The van der Waals surface area contributed by atoms with Crippen LogP contribution in [0.3, 0.4) is 0 Å². The lowest BCUT2D eigenvalue weighted by molar-refractivity contribution is 0.523. The molecule has 1 heterocycles. The van der Waals surface area contributed by atoms with E-state index >= 15 is 0 Å². The van der Waals surface area contributed by atoms with Crippen molar-refractivity contribution in [1.29, 1.82) is 0 Å². The predicted octanol–water partition coefficient (Wildman–Crippen LogP) is 2.90. The Morgan fingerprint density at radius 3 is 2.75 bits per heavy atom. The van der Waals surface area contributed by atoms with Gasteiger partial charge in [-0.1, -0.05) is 0 Å². The van der Waals surface area contributed by atoms with E-state index in [1.807, 2.05) is 19.1 Å². The summed E-state index contributed by atoms with van der Waals surface area (Å²) in [5, 5.41) is 0. The molecular formula is C13H14FNO. The molecule has 0 radical (unpaired) electrons. The number of furan rings is 1. The summed E-state index contributed by atoms with van der Waals surface area (Å²) in [6.45, 7) is 2.43. The fourth-order valence-corrected chi connectivity index (χ4v) is 1.70. The summed E-state index contributed by atoms with van der Waals surface area (Å²) >= 11 is 0. The minimum atomic E-state index is -0.227. The Labute approximate surface area is 93.9 Å². The van der Waals surface area contributed by atoms with Gasteiger partial charge in [-0.15, -0.1) is 0 Å². The lowest BCUT2D eigenvalue weighted by atomic mass is 10.1. The van der Waals surface area contributed by atoms with Gasteiger partial charge in [-0.05, 0) is 49.4 Å². The van der Waals surface area contributed by atoms with Gasteiger partial charge in [0.05, 0.1) is 0 Å². The highest BCUT2D eigenvalue weighted by Gasteiger charge is 2.07. The van der Waals surface area contributed by atoms with Crippen LogP contribution in [0.15, 0.2) is 34.7 Å². The molecule has 0 aliphatic heterocycles. The molecule has 0 saturated carbocycles.